The molecule has 0 saturated heterocycles. The third-order valence-corrected chi connectivity index (χ3v) is 2.40. The number of amides is 1. The number of halogens is 1. The van der Waals surface area contributed by atoms with Crippen molar-refractivity contribution in [3.05, 3.63) is 28.2 Å². The summed E-state index contributed by atoms with van der Waals surface area (Å²) < 4.78 is 0.951. The SMILES string of the molecule is Cc1ccc(Br)cc1NC(=O)CS. The second-order valence-electron chi connectivity index (χ2n) is 2.67. The van der Waals surface area contributed by atoms with Crippen LogP contribution in [0.15, 0.2) is 22.7 Å². The van der Waals surface area contributed by atoms with Crippen LogP contribution in [0.25, 0.3) is 0 Å². The Labute approximate surface area is 91.3 Å². The number of carbonyl (C=O) groups excluding carboxylic acids is 1. The number of benzene rings is 1. The molecule has 70 valence electrons. The molecule has 0 atom stereocenters. The van der Waals surface area contributed by atoms with Crippen LogP contribution in [0.5, 0.6) is 0 Å². The Bertz CT molecular complexity index is 327. The zero-order valence-corrected chi connectivity index (χ0v) is 9.65. The minimum absolute atomic E-state index is 0.0930. The van der Waals surface area contributed by atoms with E-state index in [-0.39, 0.29) is 11.7 Å². The Morgan fingerprint density at radius 1 is 1.62 bits per heavy atom. The van der Waals surface area contributed by atoms with Crippen LogP contribution in [0.2, 0.25) is 0 Å². The molecule has 0 bridgehead atoms. The molecular weight excluding hydrogens is 250 g/mol. The lowest BCUT2D eigenvalue weighted by Crippen LogP contribution is -2.13. The van der Waals surface area contributed by atoms with Gasteiger partial charge in [-0.05, 0) is 24.6 Å². The summed E-state index contributed by atoms with van der Waals surface area (Å²) in [6, 6.07) is 5.75. The van der Waals surface area contributed by atoms with Crippen LogP contribution in [0.3, 0.4) is 0 Å². The molecule has 0 aromatic heterocycles. The highest BCUT2D eigenvalue weighted by Gasteiger charge is 2.02. The summed E-state index contributed by atoms with van der Waals surface area (Å²) in [5.41, 5.74) is 1.87. The van der Waals surface area contributed by atoms with E-state index in [1.165, 1.54) is 0 Å². The quantitative estimate of drug-likeness (QED) is 0.786. The molecule has 0 saturated carbocycles. The lowest BCUT2D eigenvalue weighted by Gasteiger charge is -2.06. The zero-order valence-electron chi connectivity index (χ0n) is 7.17. The standard InChI is InChI=1S/C9H10BrNOS/c1-6-2-3-7(10)4-8(6)11-9(12)5-13/h2-4,13H,5H2,1H3,(H,11,12). The van der Waals surface area contributed by atoms with Crippen LogP contribution in [0, 0.1) is 6.92 Å². The summed E-state index contributed by atoms with van der Waals surface area (Å²) in [6.07, 6.45) is 0. The summed E-state index contributed by atoms with van der Waals surface area (Å²) in [6.45, 7) is 1.95. The molecule has 0 spiro atoms. The van der Waals surface area contributed by atoms with Gasteiger partial charge in [-0.25, -0.2) is 0 Å². The number of aryl methyl sites for hydroxylation is 1. The van der Waals surface area contributed by atoms with E-state index < -0.39 is 0 Å². The van der Waals surface area contributed by atoms with Crippen LogP contribution in [-0.2, 0) is 4.79 Å². The van der Waals surface area contributed by atoms with E-state index in [4.69, 9.17) is 0 Å². The molecule has 4 heteroatoms. The molecule has 0 unspecified atom stereocenters. The summed E-state index contributed by atoms with van der Waals surface area (Å²) in [4.78, 5) is 11.0. The van der Waals surface area contributed by atoms with E-state index in [1.54, 1.807) is 0 Å². The zero-order chi connectivity index (χ0) is 9.84. The van der Waals surface area contributed by atoms with Crippen molar-refractivity contribution in [1.82, 2.24) is 0 Å². The van der Waals surface area contributed by atoms with Crippen LogP contribution in [0.1, 0.15) is 5.56 Å². The van der Waals surface area contributed by atoms with Gasteiger partial charge in [0.05, 0.1) is 5.75 Å². The fourth-order valence-corrected chi connectivity index (χ4v) is 1.36. The molecule has 1 aromatic rings. The normalized spacial score (nSPS) is 9.77. The Balaban J connectivity index is 2.87. The molecule has 0 fully saturated rings. The minimum Gasteiger partial charge on any atom is -0.325 e. The van der Waals surface area contributed by atoms with Gasteiger partial charge in [0, 0.05) is 10.2 Å². The molecule has 0 radical (unpaired) electrons. The van der Waals surface area contributed by atoms with E-state index >= 15 is 0 Å². The third kappa shape index (κ3) is 3.04. The number of anilines is 1. The number of rotatable bonds is 2. The third-order valence-electron chi connectivity index (χ3n) is 1.62. The van der Waals surface area contributed by atoms with Gasteiger partial charge in [-0.1, -0.05) is 22.0 Å². The summed E-state index contributed by atoms with van der Waals surface area (Å²) >= 11 is 7.22. The monoisotopic (exact) mass is 259 g/mol. The molecule has 0 aliphatic carbocycles. The average molecular weight is 260 g/mol. The van der Waals surface area contributed by atoms with Crippen molar-refractivity contribution in [3.63, 3.8) is 0 Å². The first-order chi connectivity index (χ1) is 6.13. The first-order valence-corrected chi connectivity index (χ1v) is 5.23. The van der Waals surface area contributed by atoms with Gasteiger partial charge in [0.15, 0.2) is 0 Å². The summed E-state index contributed by atoms with van der Waals surface area (Å²) in [7, 11) is 0. The van der Waals surface area contributed by atoms with Crippen molar-refractivity contribution in [3.8, 4) is 0 Å². The predicted molar refractivity (Wildman–Crippen MR) is 61.4 cm³/mol. The van der Waals surface area contributed by atoms with Crippen molar-refractivity contribution < 1.29 is 4.79 Å². The second-order valence-corrected chi connectivity index (χ2v) is 3.90. The van der Waals surface area contributed by atoms with Crippen LogP contribution in [-0.4, -0.2) is 11.7 Å². The number of hydrogen-bond donors (Lipinski definition) is 2. The number of carbonyl (C=O) groups is 1. The summed E-state index contributed by atoms with van der Waals surface area (Å²) in [5.74, 6) is 0.107. The van der Waals surface area contributed by atoms with Crippen molar-refractivity contribution in [2.75, 3.05) is 11.1 Å². The molecule has 13 heavy (non-hydrogen) atoms. The van der Waals surface area contributed by atoms with Gasteiger partial charge in [-0.3, -0.25) is 4.79 Å². The Hall–Kier alpha value is -0.480. The molecule has 0 aliphatic rings. The van der Waals surface area contributed by atoms with Gasteiger partial charge in [0.1, 0.15) is 0 Å². The van der Waals surface area contributed by atoms with E-state index in [9.17, 15) is 4.79 Å². The smallest absolute Gasteiger partial charge is 0.234 e. The maximum absolute atomic E-state index is 11.0. The molecular formula is C9H10BrNOS. The fourth-order valence-electron chi connectivity index (χ4n) is 0.919. The highest BCUT2D eigenvalue weighted by Crippen LogP contribution is 2.20. The van der Waals surface area contributed by atoms with Gasteiger partial charge in [0.2, 0.25) is 5.91 Å². The Morgan fingerprint density at radius 3 is 2.92 bits per heavy atom. The first kappa shape index (κ1) is 10.6. The number of hydrogen-bond acceptors (Lipinski definition) is 2. The van der Waals surface area contributed by atoms with Crippen LogP contribution < -0.4 is 5.32 Å². The van der Waals surface area contributed by atoms with Gasteiger partial charge in [-0.2, -0.15) is 12.6 Å². The van der Waals surface area contributed by atoms with Crippen molar-refractivity contribution in [2.45, 2.75) is 6.92 Å². The maximum Gasteiger partial charge on any atom is 0.234 e. The second kappa shape index (κ2) is 4.67. The van der Waals surface area contributed by atoms with Gasteiger partial charge >= 0.3 is 0 Å². The van der Waals surface area contributed by atoms with Crippen molar-refractivity contribution in [2.24, 2.45) is 0 Å². The first-order valence-electron chi connectivity index (χ1n) is 3.80. The molecule has 0 aliphatic heterocycles. The molecule has 1 aromatic carbocycles. The molecule has 1 N–H and O–H groups in total. The molecule has 1 amide bonds. The van der Waals surface area contributed by atoms with E-state index in [0.717, 1.165) is 15.7 Å². The van der Waals surface area contributed by atoms with Gasteiger partial charge in [-0.15, -0.1) is 0 Å². The largest absolute Gasteiger partial charge is 0.325 e. The highest BCUT2D eigenvalue weighted by molar-refractivity contribution is 9.10. The van der Waals surface area contributed by atoms with Crippen molar-refractivity contribution in [1.29, 1.82) is 0 Å². The highest BCUT2D eigenvalue weighted by atomic mass is 79.9. The average Bonchev–Trinajstić information content (AvgIpc) is 2.11. The maximum atomic E-state index is 11.0. The Kier molecular flexibility index (Phi) is 3.81. The topological polar surface area (TPSA) is 29.1 Å². The van der Waals surface area contributed by atoms with Gasteiger partial charge in [0.25, 0.3) is 0 Å². The number of nitrogens with one attached hydrogen (secondary N) is 1. The lowest BCUT2D eigenvalue weighted by molar-refractivity contribution is -0.113. The van der Waals surface area contributed by atoms with Crippen LogP contribution in [0.4, 0.5) is 5.69 Å². The fraction of sp³-hybridized carbons (Fsp3) is 0.222. The molecule has 2 nitrogen and oxygen atoms in total. The van der Waals surface area contributed by atoms with Crippen molar-refractivity contribution >= 4 is 40.2 Å². The van der Waals surface area contributed by atoms with E-state index in [1.807, 2.05) is 25.1 Å². The number of thiol groups is 1. The van der Waals surface area contributed by atoms with E-state index in [2.05, 4.69) is 33.9 Å². The lowest BCUT2D eigenvalue weighted by atomic mass is 10.2. The minimum atomic E-state index is -0.0930. The Morgan fingerprint density at radius 2 is 2.31 bits per heavy atom. The summed E-state index contributed by atoms with van der Waals surface area (Å²) in [5, 5.41) is 2.76. The molecule has 1 rings (SSSR count). The molecule has 0 heterocycles. The predicted octanol–water partition coefficient (Wildman–Crippen LogP) is 2.63. The van der Waals surface area contributed by atoms with Gasteiger partial charge < -0.3 is 5.32 Å². The van der Waals surface area contributed by atoms with E-state index in [0.29, 0.717) is 0 Å². The van der Waals surface area contributed by atoms with Crippen LogP contribution >= 0.6 is 28.6 Å².